The highest BCUT2D eigenvalue weighted by atomic mass is 16.2. The second-order valence-electron chi connectivity index (χ2n) is 8.32. The van der Waals surface area contributed by atoms with E-state index in [1.54, 1.807) is 0 Å². The van der Waals surface area contributed by atoms with Crippen LogP contribution >= 0.6 is 0 Å². The maximum Gasteiger partial charge on any atom is 0.315 e. The first-order valence-corrected chi connectivity index (χ1v) is 9.44. The van der Waals surface area contributed by atoms with E-state index in [1.807, 2.05) is 12.1 Å². The number of amides is 2. The summed E-state index contributed by atoms with van der Waals surface area (Å²) in [7, 11) is 0. The van der Waals surface area contributed by atoms with Crippen LogP contribution < -0.4 is 10.6 Å². The van der Waals surface area contributed by atoms with Gasteiger partial charge in [-0.2, -0.15) is 0 Å². The van der Waals surface area contributed by atoms with E-state index in [0.717, 1.165) is 25.7 Å². The summed E-state index contributed by atoms with van der Waals surface area (Å²) in [5, 5.41) is 6.26. The molecule has 0 saturated carbocycles. The molecular formula is C23H32N2O. The third kappa shape index (κ3) is 7.30. The molecule has 3 heteroatoms. The second kappa shape index (κ2) is 8.88. The number of carbonyl (C=O) groups is 1. The zero-order valence-corrected chi connectivity index (χ0v) is 16.5. The van der Waals surface area contributed by atoms with Gasteiger partial charge in [0.05, 0.1) is 0 Å². The van der Waals surface area contributed by atoms with Crippen molar-refractivity contribution in [3.63, 3.8) is 0 Å². The zero-order valence-electron chi connectivity index (χ0n) is 16.5. The van der Waals surface area contributed by atoms with Gasteiger partial charge < -0.3 is 10.6 Å². The van der Waals surface area contributed by atoms with E-state index < -0.39 is 0 Å². The molecule has 2 aromatic rings. The lowest BCUT2D eigenvalue weighted by molar-refractivity contribution is 0.215. The van der Waals surface area contributed by atoms with Gasteiger partial charge in [0.25, 0.3) is 0 Å². The van der Waals surface area contributed by atoms with E-state index in [2.05, 4.69) is 86.9 Å². The Labute approximate surface area is 158 Å². The first-order valence-electron chi connectivity index (χ1n) is 9.44. The average Bonchev–Trinajstić information content (AvgIpc) is 2.59. The van der Waals surface area contributed by atoms with Crippen molar-refractivity contribution in [1.29, 1.82) is 0 Å². The standard InChI is InChI=1S/C23H32N2O/c1-22(2,17-15-19-11-7-5-8-12-19)24-21(26)25-23(3,4)18-16-20-13-9-6-10-14-20/h5-14H,15-18H2,1-4H3,(H2,24,25,26). The molecule has 2 amide bonds. The van der Waals surface area contributed by atoms with Crippen LogP contribution in [0.5, 0.6) is 0 Å². The fraction of sp³-hybridized carbons (Fsp3) is 0.435. The van der Waals surface area contributed by atoms with Gasteiger partial charge in [0.15, 0.2) is 0 Å². The van der Waals surface area contributed by atoms with Crippen LogP contribution in [0, 0.1) is 0 Å². The fourth-order valence-corrected chi connectivity index (χ4v) is 2.97. The maximum absolute atomic E-state index is 12.5. The second-order valence-corrected chi connectivity index (χ2v) is 8.32. The lowest BCUT2D eigenvalue weighted by Gasteiger charge is -2.31. The van der Waals surface area contributed by atoms with Gasteiger partial charge in [-0.25, -0.2) is 4.79 Å². The van der Waals surface area contributed by atoms with Crippen LogP contribution in [-0.2, 0) is 12.8 Å². The Morgan fingerprint density at radius 3 is 1.38 bits per heavy atom. The van der Waals surface area contributed by atoms with Crippen molar-refractivity contribution in [3.8, 4) is 0 Å². The maximum atomic E-state index is 12.5. The smallest absolute Gasteiger partial charge is 0.315 e. The van der Waals surface area contributed by atoms with E-state index in [4.69, 9.17) is 0 Å². The van der Waals surface area contributed by atoms with Crippen LogP contribution in [0.3, 0.4) is 0 Å². The Hall–Kier alpha value is -2.29. The molecule has 26 heavy (non-hydrogen) atoms. The van der Waals surface area contributed by atoms with Gasteiger partial charge in [-0.1, -0.05) is 60.7 Å². The van der Waals surface area contributed by atoms with Gasteiger partial charge in [-0.3, -0.25) is 0 Å². The van der Waals surface area contributed by atoms with Crippen molar-refractivity contribution in [3.05, 3.63) is 71.8 Å². The predicted molar refractivity (Wildman–Crippen MR) is 109 cm³/mol. The quantitative estimate of drug-likeness (QED) is 0.681. The Balaban J connectivity index is 1.79. The number of rotatable bonds is 8. The number of carbonyl (C=O) groups excluding carboxylic acids is 1. The topological polar surface area (TPSA) is 41.1 Å². The molecule has 0 bridgehead atoms. The number of benzene rings is 2. The summed E-state index contributed by atoms with van der Waals surface area (Å²) in [4.78, 5) is 12.5. The molecule has 0 aliphatic rings. The van der Waals surface area contributed by atoms with Crippen LogP contribution in [0.1, 0.15) is 51.7 Å². The minimum Gasteiger partial charge on any atom is -0.333 e. The Morgan fingerprint density at radius 2 is 1.04 bits per heavy atom. The highest BCUT2D eigenvalue weighted by Gasteiger charge is 2.25. The molecule has 0 fully saturated rings. The number of nitrogens with one attached hydrogen (secondary N) is 2. The van der Waals surface area contributed by atoms with Crippen molar-refractivity contribution in [1.82, 2.24) is 10.6 Å². The lowest BCUT2D eigenvalue weighted by Crippen LogP contribution is -2.54. The molecular weight excluding hydrogens is 320 g/mol. The highest BCUT2D eigenvalue weighted by Crippen LogP contribution is 2.16. The number of urea groups is 1. The van der Waals surface area contributed by atoms with Crippen molar-refractivity contribution < 1.29 is 4.79 Å². The third-order valence-electron chi connectivity index (χ3n) is 4.67. The molecule has 140 valence electrons. The Kier molecular flexibility index (Phi) is 6.84. The zero-order chi connectivity index (χ0) is 19.0. The SMILES string of the molecule is CC(C)(CCc1ccccc1)NC(=O)NC(C)(C)CCc1ccccc1. The molecule has 2 rings (SSSR count). The Morgan fingerprint density at radius 1 is 0.692 bits per heavy atom. The molecule has 0 atom stereocenters. The molecule has 0 heterocycles. The van der Waals surface area contributed by atoms with E-state index in [-0.39, 0.29) is 17.1 Å². The summed E-state index contributed by atoms with van der Waals surface area (Å²) in [6.07, 6.45) is 3.70. The molecule has 2 N–H and O–H groups in total. The molecule has 2 aromatic carbocycles. The molecule has 0 radical (unpaired) electrons. The van der Waals surface area contributed by atoms with Crippen molar-refractivity contribution in [2.45, 2.75) is 64.5 Å². The van der Waals surface area contributed by atoms with Gasteiger partial charge in [-0.05, 0) is 64.5 Å². The van der Waals surface area contributed by atoms with E-state index in [1.165, 1.54) is 11.1 Å². The molecule has 0 unspecified atom stereocenters. The minimum absolute atomic E-state index is 0.0962. The van der Waals surface area contributed by atoms with Crippen molar-refractivity contribution in [2.24, 2.45) is 0 Å². The van der Waals surface area contributed by atoms with E-state index in [9.17, 15) is 4.79 Å². The highest BCUT2D eigenvalue weighted by molar-refractivity contribution is 5.75. The van der Waals surface area contributed by atoms with Gasteiger partial charge in [0, 0.05) is 11.1 Å². The number of hydrogen-bond acceptors (Lipinski definition) is 1. The third-order valence-corrected chi connectivity index (χ3v) is 4.67. The summed E-state index contributed by atoms with van der Waals surface area (Å²) in [6.45, 7) is 8.30. The summed E-state index contributed by atoms with van der Waals surface area (Å²) >= 11 is 0. The van der Waals surface area contributed by atoms with E-state index in [0.29, 0.717) is 0 Å². The molecule has 0 spiro atoms. The molecule has 3 nitrogen and oxygen atoms in total. The summed E-state index contributed by atoms with van der Waals surface area (Å²) in [6, 6.07) is 20.7. The monoisotopic (exact) mass is 352 g/mol. The van der Waals surface area contributed by atoms with Gasteiger partial charge in [-0.15, -0.1) is 0 Å². The minimum atomic E-state index is -0.255. The normalized spacial score (nSPS) is 11.8. The molecule has 0 saturated heterocycles. The Bertz CT molecular complexity index is 618. The molecule has 0 aliphatic heterocycles. The summed E-state index contributed by atoms with van der Waals surface area (Å²) in [5.41, 5.74) is 2.09. The first kappa shape index (κ1) is 20.0. The van der Waals surface area contributed by atoms with Crippen LogP contribution in [0.4, 0.5) is 4.79 Å². The van der Waals surface area contributed by atoms with Crippen LogP contribution in [-0.4, -0.2) is 17.1 Å². The van der Waals surface area contributed by atoms with Crippen LogP contribution in [0.15, 0.2) is 60.7 Å². The van der Waals surface area contributed by atoms with Crippen molar-refractivity contribution in [2.75, 3.05) is 0 Å². The van der Waals surface area contributed by atoms with Crippen molar-refractivity contribution >= 4 is 6.03 Å². The number of aryl methyl sites for hydroxylation is 2. The van der Waals surface area contributed by atoms with Crippen LogP contribution in [0.2, 0.25) is 0 Å². The largest absolute Gasteiger partial charge is 0.333 e. The average molecular weight is 353 g/mol. The lowest BCUT2D eigenvalue weighted by atomic mass is 9.94. The fourth-order valence-electron chi connectivity index (χ4n) is 2.97. The van der Waals surface area contributed by atoms with Gasteiger partial charge >= 0.3 is 6.03 Å². The van der Waals surface area contributed by atoms with Gasteiger partial charge in [0.1, 0.15) is 0 Å². The predicted octanol–water partition coefficient (Wildman–Crippen LogP) is 5.11. The van der Waals surface area contributed by atoms with Crippen LogP contribution in [0.25, 0.3) is 0 Å². The summed E-state index contributed by atoms with van der Waals surface area (Å²) < 4.78 is 0. The molecule has 0 aliphatic carbocycles. The number of hydrogen-bond donors (Lipinski definition) is 2. The van der Waals surface area contributed by atoms with E-state index >= 15 is 0 Å². The molecule has 0 aromatic heterocycles. The first-order chi connectivity index (χ1) is 12.3. The van der Waals surface area contributed by atoms with Gasteiger partial charge in [0.2, 0.25) is 0 Å². The summed E-state index contributed by atoms with van der Waals surface area (Å²) in [5.74, 6) is 0.